The molecule has 0 unspecified atom stereocenters. The van der Waals surface area contributed by atoms with Crippen LogP contribution in [0.15, 0.2) is 24.3 Å². The van der Waals surface area contributed by atoms with E-state index in [0.29, 0.717) is 25.1 Å². The molecule has 0 aromatic heterocycles. The molecule has 5 heteroatoms. The average Bonchev–Trinajstić information content (AvgIpc) is 2.52. The smallest absolute Gasteiger partial charge is 0.308 e. The third-order valence-electron chi connectivity index (χ3n) is 4.35. The Labute approximate surface area is 137 Å². The summed E-state index contributed by atoms with van der Waals surface area (Å²) >= 11 is 0. The van der Waals surface area contributed by atoms with Crippen LogP contribution in [0.2, 0.25) is 0 Å². The lowest BCUT2D eigenvalue weighted by molar-refractivity contribution is -0.144. The summed E-state index contributed by atoms with van der Waals surface area (Å²) in [4.78, 5) is 25.6. The summed E-state index contributed by atoms with van der Waals surface area (Å²) in [6.45, 7) is 6.92. The molecule has 2 atom stereocenters. The predicted molar refractivity (Wildman–Crippen MR) is 87.2 cm³/mol. The van der Waals surface area contributed by atoms with Gasteiger partial charge in [0.2, 0.25) is 0 Å². The van der Waals surface area contributed by atoms with Crippen LogP contribution in [0.1, 0.15) is 49.5 Å². The standard InChI is InChI=1S/C18H25NO4/c1-12(2)23-11-14-6-8-15(9-7-14)17(20)19-10-4-5-16(13(19)3)18(21)22/h6-9,12-13,16H,4-5,10-11H2,1-3H3,(H,21,22)/t13-,16-/m0/s1. The molecule has 1 aromatic rings. The zero-order chi connectivity index (χ0) is 17.0. The van der Waals surface area contributed by atoms with Gasteiger partial charge >= 0.3 is 5.97 Å². The second-order valence-corrected chi connectivity index (χ2v) is 6.38. The van der Waals surface area contributed by atoms with E-state index >= 15 is 0 Å². The largest absolute Gasteiger partial charge is 0.481 e. The molecule has 1 aromatic carbocycles. The molecule has 1 aliphatic rings. The number of carboxylic acids is 1. The van der Waals surface area contributed by atoms with Gasteiger partial charge in [-0.15, -0.1) is 0 Å². The number of piperidine rings is 1. The molecule has 0 saturated carbocycles. The number of benzene rings is 1. The fourth-order valence-electron chi connectivity index (χ4n) is 2.93. The first-order valence-corrected chi connectivity index (χ1v) is 8.14. The lowest BCUT2D eigenvalue weighted by Gasteiger charge is -2.37. The van der Waals surface area contributed by atoms with Crippen molar-refractivity contribution in [1.82, 2.24) is 4.90 Å². The van der Waals surface area contributed by atoms with E-state index in [9.17, 15) is 14.7 Å². The Hall–Kier alpha value is -1.88. The number of carbonyl (C=O) groups excluding carboxylic acids is 1. The van der Waals surface area contributed by atoms with Crippen LogP contribution in [-0.4, -0.2) is 40.6 Å². The van der Waals surface area contributed by atoms with E-state index in [2.05, 4.69) is 0 Å². The van der Waals surface area contributed by atoms with E-state index in [0.717, 1.165) is 12.0 Å². The van der Waals surface area contributed by atoms with Crippen LogP contribution in [0.3, 0.4) is 0 Å². The number of aliphatic carboxylic acids is 1. The number of carbonyl (C=O) groups is 2. The van der Waals surface area contributed by atoms with Crippen molar-refractivity contribution in [3.05, 3.63) is 35.4 Å². The summed E-state index contributed by atoms with van der Waals surface area (Å²) in [5.74, 6) is -1.40. The zero-order valence-corrected chi connectivity index (χ0v) is 14.0. The van der Waals surface area contributed by atoms with E-state index in [1.807, 2.05) is 32.9 Å². The molecule has 1 aliphatic heterocycles. The Bertz CT molecular complexity index is 553. The van der Waals surface area contributed by atoms with Gasteiger partial charge in [-0.1, -0.05) is 12.1 Å². The molecule has 1 heterocycles. The van der Waals surface area contributed by atoms with E-state index in [-0.39, 0.29) is 18.1 Å². The number of amides is 1. The highest BCUT2D eigenvalue weighted by atomic mass is 16.5. The fourth-order valence-corrected chi connectivity index (χ4v) is 2.93. The summed E-state index contributed by atoms with van der Waals surface area (Å²) in [5, 5.41) is 9.27. The van der Waals surface area contributed by atoms with E-state index in [4.69, 9.17) is 4.74 Å². The Morgan fingerprint density at radius 1 is 1.30 bits per heavy atom. The Balaban J connectivity index is 2.06. The quantitative estimate of drug-likeness (QED) is 0.906. The lowest BCUT2D eigenvalue weighted by Crippen LogP contribution is -2.49. The number of hydrogen-bond acceptors (Lipinski definition) is 3. The van der Waals surface area contributed by atoms with Gasteiger partial charge < -0.3 is 14.7 Å². The summed E-state index contributed by atoms with van der Waals surface area (Å²) in [5.41, 5.74) is 1.61. The number of rotatable bonds is 5. The topological polar surface area (TPSA) is 66.8 Å². The highest BCUT2D eigenvalue weighted by molar-refractivity contribution is 5.94. The second-order valence-electron chi connectivity index (χ2n) is 6.38. The maximum atomic E-state index is 12.7. The molecular weight excluding hydrogens is 294 g/mol. The van der Waals surface area contributed by atoms with Crippen molar-refractivity contribution < 1.29 is 19.4 Å². The van der Waals surface area contributed by atoms with Crippen LogP contribution >= 0.6 is 0 Å². The van der Waals surface area contributed by atoms with Crippen molar-refractivity contribution in [2.45, 2.75) is 52.4 Å². The highest BCUT2D eigenvalue weighted by Gasteiger charge is 2.35. The number of carboxylic acid groups (broad SMARTS) is 1. The van der Waals surface area contributed by atoms with Gasteiger partial charge in [0.05, 0.1) is 18.6 Å². The zero-order valence-electron chi connectivity index (χ0n) is 14.0. The summed E-state index contributed by atoms with van der Waals surface area (Å²) in [6.07, 6.45) is 1.53. The minimum absolute atomic E-state index is 0.0974. The van der Waals surface area contributed by atoms with Crippen LogP contribution in [0.4, 0.5) is 0 Å². The van der Waals surface area contributed by atoms with Gasteiger partial charge in [-0.3, -0.25) is 9.59 Å². The van der Waals surface area contributed by atoms with Gasteiger partial charge in [0.15, 0.2) is 0 Å². The second kappa shape index (κ2) is 7.59. The third kappa shape index (κ3) is 4.32. The van der Waals surface area contributed by atoms with Crippen LogP contribution in [0.5, 0.6) is 0 Å². The number of nitrogens with zero attached hydrogens (tertiary/aromatic N) is 1. The van der Waals surface area contributed by atoms with Crippen molar-refractivity contribution in [3.8, 4) is 0 Å². The molecule has 1 fully saturated rings. The SMILES string of the molecule is CC(C)OCc1ccc(C(=O)N2CCC[C@H](C(=O)O)[C@@H]2C)cc1. The van der Waals surface area contributed by atoms with E-state index in [1.54, 1.807) is 17.0 Å². The van der Waals surface area contributed by atoms with Crippen LogP contribution in [-0.2, 0) is 16.1 Å². The molecular formula is C18H25NO4. The van der Waals surface area contributed by atoms with Gasteiger partial charge in [0, 0.05) is 18.2 Å². The molecule has 23 heavy (non-hydrogen) atoms. The molecule has 1 saturated heterocycles. The van der Waals surface area contributed by atoms with Crippen molar-refractivity contribution in [2.24, 2.45) is 5.92 Å². The molecule has 1 amide bonds. The first kappa shape index (κ1) is 17.5. The molecule has 1 N–H and O–H groups in total. The Morgan fingerprint density at radius 2 is 1.96 bits per heavy atom. The lowest BCUT2D eigenvalue weighted by atomic mass is 9.90. The van der Waals surface area contributed by atoms with Gasteiger partial charge in [0.25, 0.3) is 5.91 Å². The molecule has 0 aliphatic carbocycles. The van der Waals surface area contributed by atoms with Crippen molar-refractivity contribution >= 4 is 11.9 Å². The third-order valence-corrected chi connectivity index (χ3v) is 4.35. The monoisotopic (exact) mass is 319 g/mol. The van der Waals surface area contributed by atoms with Gasteiger partial charge in [-0.2, -0.15) is 0 Å². The molecule has 5 nitrogen and oxygen atoms in total. The summed E-state index contributed by atoms with van der Waals surface area (Å²) in [6, 6.07) is 7.08. The van der Waals surface area contributed by atoms with Crippen molar-refractivity contribution in [2.75, 3.05) is 6.54 Å². The first-order chi connectivity index (χ1) is 10.9. The van der Waals surface area contributed by atoms with E-state index < -0.39 is 11.9 Å². The maximum absolute atomic E-state index is 12.7. The number of likely N-dealkylation sites (tertiary alicyclic amines) is 1. The number of hydrogen-bond donors (Lipinski definition) is 1. The van der Waals surface area contributed by atoms with Crippen molar-refractivity contribution in [1.29, 1.82) is 0 Å². The van der Waals surface area contributed by atoms with Crippen LogP contribution in [0, 0.1) is 5.92 Å². The molecule has 0 bridgehead atoms. The highest BCUT2D eigenvalue weighted by Crippen LogP contribution is 2.25. The molecule has 0 spiro atoms. The average molecular weight is 319 g/mol. The number of ether oxygens (including phenoxy) is 1. The Morgan fingerprint density at radius 3 is 2.52 bits per heavy atom. The minimum Gasteiger partial charge on any atom is -0.481 e. The van der Waals surface area contributed by atoms with Crippen LogP contribution in [0.25, 0.3) is 0 Å². The first-order valence-electron chi connectivity index (χ1n) is 8.14. The normalized spacial score (nSPS) is 21.5. The van der Waals surface area contributed by atoms with Gasteiger partial charge in [-0.05, 0) is 51.3 Å². The van der Waals surface area contributed by atoms with Gasteiger partial charge in [0.1, 0.15) is 0 Å². The summed E-state index contributed by atoms with van der Waals surface area (Å²) in [7, 11) is 0. The molecule has 126 valence electrons. The van der Waals surface area contributed by atoms with Crippen molar-refractivity contribution in [3.63, 3.8) is 0 Å². The summed E-state index contributed by atoms with van der Waals surface area (Å²) < 4.78 is 5.54. The fraction of sp³-hybridized carbons (Fsp3) is 0.556. The van der Waals surface area contributed by atoms with Crippen LogP contribution < -0.4 is 0 Å². The van der Waals surface area contributed by atoms with Gasteiger partial charge in [-0.25, -0.2) is 0 Å². The minimum atomic E-state index is -0.823. The van der Waals surface area contributed by atoms with E-state index in [1.165, 1.54) is 0 Å². The maximum Gasteiger partial charge on any atom is 0.308 e. The molecule has 0 radical (unpaired) electrons. The Kier molecular flexibility index (Phi) is 5.77. The molecule has 2 rings (SSSR count). The predicted octanol–water partition coefficient (Wildman–Crippen LogP) is 2.94.